The van der Waals surface area contributed by atoms with Crippen LogP contribution in [0.5, 0.6) is 0 Å². The number of esters is 1. The Labute approximate surface area is 204 Å². The van der Waals surface area contributed by atoms with Gasteiger partial charge in [-0.2, -0.15) is 0 Å². The zero-order valence-electron chi connectivity index (χ0n) is 17.9. The Hall–Kier alpha value is -1.01. The number of carbonyl (C=O) groups is 1. The minimum Gasteiger partial charge on any atom is -0.469 e. The third kappa shape index (κ3) is 7.24. The van der Waals surface area contributed by atoms with E-state index in [2.05, 4.69) is 83.3 Å². The minimum absolute atomic E-state index is 0.138. The van der Waals surface area contributed by atoms with Crippen LogP contribution in [0, 0.1) is 11.8 Å². The molecular formula is C25H30IO3PS. The molecule has 6 heteroatoms. The average molecular weight is 568 g/mol. The number of ether oxygens (including phenoxy) is 1. The molecule has 1 aromatic carbocycles. The molecule has 0 radical (unpaired) electrons. The van der Waals surface area contributed by atoms with Gasteiger partial charge in [0, 0.05) is 21.9 Å². The van der Waals surface area contributed by atoms with Crippen molar-refractivity contribution in [3.8, 4) is 0 Å². The van der Waals surface area contributed by atoms with Gasteiger partial charge in [0.05, 0.1) is 19.7 Å². The van der Waals surface area contributed by atoms with Crippen molar-refractivity contribution in [2.45, 2.75) is 44.6 Å². The molecule has 1 heterocycles. The molecular weight excluding hydrogens is 538 g/mol. The summed E-state index contributed by atoms with van der Waals surface area (Å²) in [7, 11) is 1.44. The molecule has 1 aliphatic carbocycles. The summed E-state index contributed by atoms with van der Waals surface area (Å²) in [5.41, 5.74) is 1.29. The molecule has 4 atom stereocenters. The molecule has 1 fully saturated rings. The predicted octanol–water partition coefficient (Wildman–Crippen LogP) is 7.81. The van der Waals surface area contributed by atoms with Crippen molar-refractivity contribution in [1.82, 2.24) is 0 Å². The second-order valence-electron chi connectivity index (χ2n) is 7.84. The molecule has 1 saturated carbocycles. The average Bonchev–Trinajstić information content (AvgIpc) is 3.31. The van der Waals surface area contributed by atoms with Crippen molar-refractivity contribution in [3.05, 3.63) is 71.7 Å². The first kappa shape index (κ1) is 24.6. The second-order valence-corrected chi connectivity index (χ2v) is 10.7. The molecule has 166 valence electrons. The molecule has 1 aromatic heterocycles. The van der Waals surface area contributed by atoms with Crippen LogP contribution in [0.25, 0.3) is 10.1 Å². The van der Waals surface area contributed by atoms with E-state index in [1.807, 2.05) is 11.3 Å². The maximum absolute atomic E-state index is 11.2. The molecule has 3 rings (SSSR count). The highest BCUT2D eigenvalue weighted by Gasteiger charge is 2.37. The molecule has 0 amide bonds. The summed E-state index contributed by atoms with van der Waals surface area (Å²) >= 11 is 4.18. The first-order valence-corrected chi connectivity index (χ1v) is 15.5. The van der Waals surface area contributed by atoms with Crippen molar-refractivity contribution >= 4 is 55.9 Å². The van der Waals surface area contributed by atoms with Gasteiger partial charge in [-0.25, -0.2) is 0 Å². The van der Waals surface area contributed by atoms with Crippen molar-refractivity contribution in [1.29, 1.82) is 0 Å². The van der Waals surface area contributed by atoms with Crippen molar-refractivity contribution in [3.63, 3.8) is 0 Å². The number of rotatable bonds is 11. The van der Waals surface area contributed by atoms with Gasteiger partial charge in [0.1, 0.15) is 0 Å². The zero-order valence-corrected chi connectivity index (χ0v) is 21.9. The predicted molar refractivity (Wildman–Crippen MR) is 142 cm³/mol. The highest BCUT2D eigenvalue weighted by molar-refractivity contribution is 14.2. The molecule has 2 unspecified atom stereocenters. The largest absolute Gasteiger partial charge is 0.469 e. The Bertz CT molecular complexity index is 903. The molecule has 0 aliphatic heterocycles. The number of carbonyl (C=O) groups excluding carboxylic acids is 1. The lowest BCUT2D eigenvalue weighted by atomic mass is 9.89. The van der Waals surface area contributed by atoms with Crippen LogP contribution >= 0.6 is 39.8 Å². The van der Waals surface area contributed by atoms with Crippen LogP contribution < -0.4 is 0 Å². The molecule has 3 nitrogen and oxygen atoms in total. The van der Waals surface area contributed by atoms with E-state index in [0.29, 0.717) is 24.7 Å². The van der Waals surface area contributed by atoms with Crippen LogP contribution in [-0.2, 0) is 20.5 Å². The number of unbranched alkanes of at least 4 members (excludes halogenated alkanes) is 1. The lowest BCUT2D eigenvalue weighted by Crippen LogP contribution is -2.17. The van der Waals surface area contributed by atoms with Crippen LogP contribution in [0.4, 0.5) is 0 Å². The molecule has 2 aromatic rings. The number of hydrogen-bond donors (Lipinski definition) is 0. The highest BCUT2D eigenvalue weighted by Crippen LogP contribution is 2.44. The van der Waals surface area contributed by atoms with E-state index in [0.717, 1.165) is 32.1 Å². The fourth-order valence-corrected chi connectivity index (χ4v) is 6.52. The Kier molecular flexibility index (Phi) is 10.2. The Balaban J connectivity index is 1.58. The SMILES string of the molecule is C=C1C[C@@H](OPI)C(/C=C/Cc2cc3ccccc3s2)[C@H]1C/C=C\CCCC(=O)OC. The first-order valence-electron chi connectivity index (χ1n) is 10.7. The molecule has 0 N–H and O–H groups in total. The Morgan fingerprint density at radius 3 is 2.94 bits per heavy atom. The van der Waals surface area contributed by atoms with Crippen LogP contribution in [-0.4, -0.2) is 19.2 Å². The van der Waals surface area contributed by atoms with E-state index < -0.39 is 0 Å². The monoisotopic (exact) mass is 568 g/mol. The van der Waals surface area contributed by atoms with Gasteiger partial charge in [-0.15, -0.1) is 11.3 Å². The maximum atomic E-state index is 11.2. The number of benzene rings is 1. The number of halogens is 1. The number of methoxy groups -OCH3 is 1. The van der Waals surface area contributed by atoms with E-state index >= 15 is 0 Å². The number of allylic oxidation sites excluding steroid dienone is 3. The summed E-state index contributed by atoms with van der Waals surface area (Å²) in [6.07, 6.45) is 14.4. The number of fused-ring (bicyclic) bond motifs is 1. The lowest BCUT2D eigenvalue weighted by molar-refractivity contribution is -0.140. The summed E-state index contributed by atoms with van der Waals surface area (Å²) in [5.74, 6) is 0.637. The number of thiophene rings is 1. The van der Waals surface area contributed by atoms with E-state index in [4.69, 9.17) is 9.26 Å². The van der Waals surface area contributed by atoms with Crippen molar-refractivity contribution < 1.29 is 14.1 Å². The van der Waals surface area contributed by atoms with E-state index in [-0.39, 0.29) is 12.1 Å². The van der Waals surface area contributed by atoms with E-state index in [1.165, 1.54) is 27.6 Å². The standard InChI is InChI=1S/C25H30IO3PS/c1-18-16-23(29-30-26)22(21(18)12-5-3-4-6-15-25(27)28-2)13-9-11-20-17-19-10-7-8-14-24(19)31-20/h3,5,7-10,13-14,17,21-23,30H,1,4,6,11-12,15-16H2,2H3/b5-3-,13-9+/t21-,22?,23+/m0/s1. The Morgan fingerprint density at radius 1 is 1.32 bits per heavy atom. The molecule has 0 bridgehead atoms. The Morgan fingerprint density at radius 2 is 2.16 bits per heavy atom. The highest BCUT2D eigenvalue weighted by atomic mass is 127. The van der Waals surface area contributed by atoms with Crippen LogP contribution in [0.3, 0.4) is 0 Å². The van der Waals surface area contributed by atoms with E-state index in [9.17, 15) is 4.79 Å². The topological polar surface area (TPSA) is 35.5 Å². The van der Waals surface area contributed by atoms with Gasteiger partial charge < -0.3 is 9.26 Å². The molecule has 1 aliphatic rings. The first-order chi connectivity index (χ1) is 15.1. The number of hydrogen-bond acceptors (Lipinski definition) is 4. The lowest BCUT2D eigenvalue weighted by Gasteiger charge is -2.20. The molecule has 31 heavy (non-hydrogen) atoms. The smallest absolute Gasteiger partial charge is 0.305 e. The zero-order chi connectivity index (χ0) is 22.1. The quantitative estimate of drug-likeness (QED) is 0.0912. The van der Waals surface area contributed by atoms with Gasteiger partial charge >= 0.3 is 5.97 Å². The summed E-state index contributed by atoms with van der Waals surface area (Å²) in [4.78, 5) is 12.6. The second kappa shape index (κ2) is 12.9. The molecule has 0 saturated heterocycles. The van der Waals surface area contributed by atoms with Crippen LogP contribution in [0.15, 0.2) is 66.8 Å². The van der Waals surface area contributed by atoms with Crippen LogP contribution in [0.2, 0.25) is 0 Å². The van der Waals surface area contributed by atoms with Gasteiger partial charge in [-0.1, -0.05) is 54.7 Å². The van der Waals surface area contributed by atoms with Gasteiger partial charge in [0.2, 0.25) is 0 Å². The fourth-order valence-electron chi connectivity index (χ4n) is 4.14. The van der Waals surface area contributed by atoms with Gasteiger partial charge in [-0.3, -0.25) is 4.79 Å². The fraction of sp³-hybridized carbons (Fsp3) is 0.400. The van der Waals surface area contributed by atoms with Crippen molar-refractivity contribution in [2.24, 2.45) is 11.8 Å². The normalized spacial score (nSPS) is 22.0. The third-order valence-electron chi connectivity index (χ3n) is 5.77. The van der Waals surface area contributed by atoms with Gasteiger partial charge in [0.15, 0.2) is 0 Å². The maximum Gasteiger partial charge on any atom is 0.305 e. The summed E-state index contributed by atoms with van der Waals surface area (Å²) < 4.78 is 12.1. The summed E-state index contributed by atoms with van der Waals surface area (Å²) in [5, 5.41) is 1.33. The minimum atomic E-state index is -0.138. The summed E-state index contributed by atoms with van der Waals surface area (Å²) in [6.45, 7) is 4.82. The third-order valence-corrected chi connectivity index (χ3v) is 8.06. The summed E-state index contributed by atoms with van der Waals surface area (Å²) in [6, 6.07) is 10.9. The van der Waals surface area contributed by atoms with Crippen molar-refractivity contribution in [2.75, 3.05) is 7.11 Å². The van der Waals surface area contributed by atoms with Gasteiger partial charge in [0.25, 0.3) is 0 Å². The van der Waals surface area contributed by atoms with Gasteiger partial charge in [-0.05, 0) is 77.6 Å². The van der Waals surface area contributed by atoms with Crippen LogP contribution in [0.1, 0.15) is 37.0 Å². The molecule has 0 spiro atoms. The van der Waals surface area contributed by atoms with E-state index in [1.54, 1.807) is 0 Å².